The Morgan fingerprint density at radius 3 is 1.57 bits per heavy atom. The normalized spacial score (nSPS) is 24.6. The van der Waals surface area contributed by atoms with Gasteiger partial charge in [-0.2, -0.15) is 0 Å². The maximum Gasteiger partial charge on any atom is 0.0621 e. The van der Waals surface area contributed by atoms with Crippen molar-refractivity contribution in [1.29, 1.82) is 0 Å². The number of hydrogen-bond acceptors (Lipinski definition) is 1. The van der Waals surface area contributed by atoms with Gasteiger partial charge in [-0.1, -0.05) is 161 Å². The van der Waals surface area contributed by atoms with E-state index in [1.807, 2.05) is 0 Å². The highest BCUT2D eigenvalue weighted by Gasteiger charge is 2.62. The molecule has 0 heterocycles. The third kappa shape index (κ3) is 5.58. The Balaban J connectivity index is 1.22. The lowest BCUT2D eigenvalue weighted by molar-refractivity contribution is -0.0397. The second-order valence-corrected chi connectivity index (χ2v) is 20.8. The number of rotatable bonds is 6. The van der Waals surface area contributed by atoms with Crippen LogP contribution in [0.4, 0.5) is 17.1 Å². The summed E-state index contributed by atoms with van der Waals surface area (Å²) in [7, 11) is 0. The summed E-state index contributed by atoms with van der Waals surface area (Å²) in [6.07, 6.45) is 9.23. The van der Waals surface area contributed by atoms with Crippen LogP contribution in [-0.4, -0.2) is 0 Å². The van der Waals surface area contributed by atoms with Gasteiger partial charge in [0, 0.05) is 27.9 Å². The molecule has 13 rings (SSSR count). The number of fused-ring (bicyclic) bond motifs is 4. The van der Waals surface area contributed by atoms with Crippen molar-refractivity contribution in [3.05, 3.63) is 186 Å². The molecule has 0 amide bonds. The van der Waals surface area contributed by atoms with Gasteiger partial charge in [-0.05, 0) is 165 Å². The van der Waals surface area contributed by atoms with Crippen molar-refractivity contribution < 1.29 is 0 Å². The standard InChI is InChI=1S/C60H57N/c1-58(2)30-31-59(3,4)54-37-48(28-29-53(54)58)61(47-26-24-42(25-27-47)41-16-8-5-9-17-41)57-50(43-18-10-6-11-19-43)38-51-49-22-14-15-23-52(49)60(56(51)55(57)44-20-12-7-13-21-44)45-33-39-32-40(35-45)36-46(60)34-39/h5-29,37-40,45-46H,30-36H2,1-4H3. The molecule has 4 saturated carbocycles. The van der Waals surface area contributed by atoms with Crippen molar-refractivity contribution in [2.45, 2.75) is 88.9 Å². The van der Waals surface area contributed by atoms with E-state index in [0.29, 0.717) is 11.8 Å². The molecule has 0 radical (unpaired) electrons. The molecule has 6 aliphatic rings. The fourth-order valence-electron chi connectivity index (χ4n) is 13.8. The molecule has 1 spiro atoms. The lowest BCUT2D eigenvalue weighted by atomic mass is 9.42. The van der Waals surface area contributed by atoms with E-state index in [4.69, 9.17) is 0 Å². The molecule has 0 atom stereocenters. The molecule has 4 bridgehead atoms. The molecule has 1 nitrogen and oxygen atoms in total. The van der Waals surface area contributed by atoms with Gasteiger partial charge in [0.2, 0.25) is 0 Å². The molecule has 7 aromatic carbocycles. The molecular weight excluding hydrogens is 735 g/mol. The van der Waals surface area contributed by atoms with E-state index in [0.717, 1.165) is 11.8 Å². The Hall–Kier alpha value is -5.66. The van der Waals surface area contributed by atoms with Crippen molar-refractivity contribution in [1.82, 2.24) is 0 Å². The lowest BCUT2D eigenvalue weighted by Gasteiger charge is -2.61. The van der Waals surface area contributed by atoms with Crippen LogP contribution in [-0.2, 0) is 16.2 Å². The van der Waals surface area contributed by atoms with Crippen LogP contribution < -0.4 is 4.90 Å². The second-order valence-electron chi connectivity index (χ2n) is 20.8. The summed E-state index contributed by atoms with van der Waals surface area (Å²) in [5, 5.41) is 0. The van der Waals surface area contributed by atoms with Crippen LogP contribution in [0, 0.1) is 23.7 Å². The number of nitrogens with zero attached hydrogens (tertiary/aromatic N) is 1. The first-order valence-electron chi connectivity index (χ1n) is 23.2. The third-order valence-electron chi connectivity index (χ3n) is 16.5. The Morgan fingerprint density at radius 2 is 0.934 bits per heavy atom. The summed E-state index contributed by atoms with van der Waals surface area (Å²) < 4.78 is 0. The number of hydrogen-bond donors (Lipinski definition) is 0. The lowest BCUT2D eigenvalue weighted by Crippen LogP contribution is -2.55. The fraction of sp³-hybridized carbons (Fsp3) is 0.300. The minimum Gasteiger partial charge on any atom is -0.309 e. The van der Waals surface area contributed by atoms with Crippen LogP contribution in [0.25, 0.3) is 44.5 Å². The highest BCUT2D eigenvalue weighted by atomic mass is 15.1. The van der Waals surface area contributed by atoms with Gasteiger partial charge in [-0.15, -0.1) is 0 Å². The van der Waals surface area contributed by atoms with Gasteiger partial charge in [0.05, 0.1) is 5.69 Å². The predicted octanol–water partition coefficient (Wildman–Crippen LogP) is 16.2. The van der Waals surface area contributed by atoms with E-state index >= 15 is 0 Å². The van der Waals surface area contributed by atoms with Gasteiger partial charge in [-0.25, -0.2) is 0 Å². The van der Waals surface area contributed by atoms with E-state index in [1.165, 1.54) is 118 Å². The van der Waals surface area contributed by atoms with Crippen molar-refractivity contribution >= 4 is 17.1 Å². The Bertz CT molecular complexity index is 2760. The van der Waals surface area contributed by atoms with E-state index in [1.54, 1.807) is 11.1 Å². The summed E-state index contributed by atoms with van der Waals surface area (Å²) in [4.78, 5) is 2.68. The molecule has 0 N–H and O–H groups in total. The largest absolute Gasteiger partial charge is 0.309 e. The van der Waals surface area contributed by atoms with E-state index in [9.17, 15) is 0 Å². The van der Waals surface area contributed by atoms with Gasteiger partial charge in [-0.3, -0.25) is 0 Å². The van der Waals surface area contributed by atoms with Crippen LogP contribution in [0.2, 0.25) is 0 Å². The first kappa shape index (κ1) is 37.1. The van der Waals surface area contributed by atoms with Crippen LogP contribution in [0.1, 0.15) is 94.9 Å². The quantitative estimate of drug-likeness (QED) is 0.162. The second kappa shape index (κ2) is 13.7. The molecule has 0 aliphatic heterocycles. The van der Waals surface area contributed by atoms with E-state index in [2.05, 4.69) is 196 Å². The highest BCUT2D eigenvalue weighted by molar-refractivity contribution is 6.05. The maximum absolute atomic E-state index is 2.68. The van der Waals surface area contributed by atoms with Gasteiger partial charge >= 0.3 is 0 Å². The fourth-order valence-corrected chi connectivity index (χ4v) is 13.8. The number of benzene rings is 7. The first-order valence-corrected chi connectivity index (χ1v) is 23.2. The highest BCUT2D eigenvalue weighted by Crippen LogP contribution is 2.72. The Morgan fingerprint density at radius 1 is 0.410 bits per heavy atom. The average Bonchev–Trinajstić information content (AvgIpc) is 3.58. The van der Waals surface area contributed by atoms with Crippen LogP contribution >= 0.6 is 0 Å². The smallest absolute Gasteiger partial charge is 0.0621 e. The Kier molecular flexibility index (Phi) is 8.32. The molecule has 0 aromatic heterocycles. The van der Waals surface area contributed by atoms with Gasteiger partial charge in [0.1, 0.15) is 0 Å². The summed E-state index contributed by atoms with van der Waals surface area (Å²) >= 11 is 0. The topological polar surface area (TPSA) is 3.24 Å². The van der Waals surface area contributed by atoms with Crippen molar-refractivity contribution in [3.63, 3.8) is 0 Å². The van der Waals surface area contributed by atoms with Crippen LogP contribution in [0.3, 0.4) is 0 Å². The zero-order valence-corrected chi connectivity index (χ0v) is 36.3. The van der Waals surface area contributed by atoms with Crippen molar-refractivity contribution in [2.75, 3.05) is 4.90 Å². The average molecular weight is 792 g/mol. The third-order valence-corrected chi connectivity index (χ3v) is 16.5. The van der Waals surface area contributed by atoms with Crippen molar-refractivity contribution in [3.8, 4) is 44.5 Å². The molecule has 61 heavy (non-hydrogen) atoms. The van der Waals surface area contributed by atoms with Gasteiger partial charge < -0.3 is 4.90 Å². The molecule has 302 valence electrons. The van der Waals surface area contributed by atoms with Gasteiger partial charge in [0.25, 0.3) is 0 Å². The summed E-state index contributed by atoms with van der Waals surface area (Å²) in [5.74, 6) is 3.04. The van der Waals surface area contributed by atoms with Crippen LogP contribution in [0.15, 0.2) is 164 Å². The van der Waals surface area contributed by atoms with E-state index in [-0.39, 0.29) is 16.2 Å². The zero-order valence-electron chi connectivity index (χ0n) is 36.3. The minimum absolute atomic E-state index is 0.0147. The molecule has 0 saturated heterocycles. The summed E-state index contributed by atoms with van der Waals surface area (Å²) in [6.45, 7) is 9.84. The summed E-state index contributed by atoms with van der Waals surface area (Å²) in [5.41, 5.74) is 20.8. The van der Waals surface area contributed by atoms with E-state index < -0.39 is 0 Å². The molecule has 1 heteroatoms. The zero-order chi connectivity index (χ0) is 41.1. The van der Waals surface area contributed by atoms with Gasteiger partial charge in [0.15, 0.2) is 0 Å². The number of anilines is 3. The monoisotopic (exact) mass is 791 g/mol. The Labute approximate surface area is 363 Å². The molecular formula is C60H57N. The van der Waals surface area contributed by atoms with Crippen LogP contribution in [0.5, 0.6) is 0 Å². The molecule has 4 fully saturated rings. The molecule has 0 unspecified atom stereocenters. The molecule has 6 aliphatic carbocycles. The maximum atomic E-state index is 2.68. The first-order chi connectivity index (χ1) is 29.7. The van der Waals surface area contributed by atoms with Crippen molar-refractivity contribution in [2.24, 2.45) is 23.7 Å². The predicted molar refractivity (Wildman–Crippen MR) is 256 cm³/mol. The minimum atomic E-state index is -0.0147. The SMILES string of the molecule is CC1(C)CCC(C)(C)c2cc(N(c3ccc(-c4ccccc4)cc3)c3c(-c4ccccc4)cc4c(c3-c3ccccc3)C3(c5ccccc5-4)C4CC5CC(C4)CC3C5)ccc21. The molecule has 7 aromatic rings. The summed E-state index contributed by atoms with van der Waals surface area (Å²) in [6, 6.07) is 63.0.